The molecule has 0 aromatic rings. The molecular formula is C12H22N2O4S. The topological polar surface area (TPSA) is 87.5 Å². The van der Waals surface area contributed by atoms with Gasteiger partial charge in [0.15, 0.2) is 0 Å². The van der Waals surface area contributed by atoms with Crippen LogP contribution in [0.3, 0.4) is 0 Å². The molecule has 0 aromatic carbocycles. The molecule has 0 radical (unpaired) electrons. The van der Waals surface area contributed by atoms with Crippen molar-refractivity contribution in [2.45, 2.75) is 33.6 Å². The van der Waals surface area contributed by atoms with E-state index in [0.717, 1.165) is 0 Å². The van der Waals surface area contributed by atoms with Crippen LogP contribution in [0.2, 0.25) is 0 Å². The molecule has 0 aliphatic rings. The molecule has 0 saturated heterocycles. The normalized spacial score (nSPS) is 11.6. The number of esters is 1. The molecule has 19 heavy (non-hydrogen) atoms. The summed E-state index contributed by atoms with van der Waals surface area (Å²) in [4.78, 5) is 11.2. The summed E-state index contributed by atoms with van der Waals surface area (Å²) in [6, 6.07) is 1.93. The third-order valence-corrected chi connectivity index (χ3v) is 4.14. The van der Waals surface area contributed by atoms with Crippen molar-refractivity contribution in [1.29, 1.82) is 5.26 Å². The fraction of sp³-hybridized carbons (Fsp3) is 0.833. The Hall–Kier alpha value is -1.13. The molecule has 110 valence electrons. The van der Waals surface area contributed by atoms with Gasteiger partial charge >= 0.3 is 5.97 Å². The number of rotatable bonds is 9. The lowest BCUT2D eigenvalue weighted by Crippen LogP contribution is -2.37. The van der Waals surface area contributed by atoms with Crippen molar-refractivity contribution in [3.05, 3.63) is 0 Å². The van der Waals surface area contributed by atoms with Crippen LogP contribution in [0, 0.1) is 17.2 Å². The summed E-state index contributed by atoms with van der Waals surface area (Å²) in [7, 11) is -3.52. The molecule has 0 amide bonds. The van der Waals surface area contributed by atoms with Gasteiger partial charge in [-0.05, 0) is 12.8 Å². The summed E-state index contributed by atoms with van der Waals surface area (Å²) < 4.78 is 30.2. The molecule has 0 aliphatic heterocycles. The van der Waals surface area contributed by atoms with Crippen LogP contribution < -0.4 is 0 Å². The van der Waals surface area contributed by atoms with Gasteiger partial charge in [0.1, 0.15) is 0 Å². The van der Waals surface area contributed by atoms with Gasteiger partial charge in [-0.15, -0.1) is 0 Å². The van der Waals surface area contributed by atoms with Crippen molar-refractivity contribution < 1.29 is 17.9 Å². The Bertz CT molecular complexity index is 412. The Kier molecular flexibility index (Phi) is 8.35. The van der Waals surface area contributed by atoms with Crippen LogP contribution in [-0.2, 0) is 19.6 Å². The maximum atomic E-state index is 12.1. The first kappa shape index (κ1) is 17.9. The Morgan fingerprint density at radius 3 is 2.53 bits per heavy atom. The summed E-state index contributed by atoms with van der Waals surface area (Å²) in [5.74, 6) is -0.629. The molecule has 0 fully saturated rings. The minimum Gasteiger partial charge on any atom is -0.466 e. The van der Waals surface area contributed by atoms with Gasteiger partial charge in [-0.1, -0.05) is 13.8 Å². The van der Waals surface area contributed by atoms with E-state index in [0.29, 0.717) is 6.54 Å². The quantitative estimate of drug-likeness (QED) is 0.594. The minimum atomic E-state index is -3.52. The van der Waals surface area contributed by atoms with E-state index in [4.69, 9.17) is 10.00 Å². The number of sulfonamides is 1. The van der Waals surface area contributed by atoms with E-state index in [1.54, 1.807) is 6.92 Å². The van der Waals surface area contributed by atoms with Gasteiger partial charge < -0.3 is 4.74 Å². The second-order valence-corrected chi connectivity index (χ2v) is 6.62. The van der Waals surface area contributed by atoms with Crippen LogP contribution in [0.15, 0.2) is 0 Å². The predicted octanol–water partition coefficient (Wildman–Crippen LogP) is 1.14. The number of hydrogen-bond acceptors (Lipinski definition) is 5. The molecule has 0 bridgehead atoms. The molecule has 6 nitrogen and oxygen atoms in total. The number of hydrogen-bond donors (Lipinski definition) is 0. The summed E-state index contributed by atoms with van der Waals surface area (Å²) in [6.07, 6.45) is -0.0112. The molecular weight excluding hydrogens is 268 g/mol. The molecule has 0 atom stereocenters. The summed E-state index contributed by atoms with van der Waals surface area (Å²) in [5, 5.41) is 8.56. The highest BCUT2D eigenvalue weighted by molar-refractivity contribution is 7.89. The monoisotopic (exact) mass is 290 g/mol. The van der Waals surface area contributed by atoms with E-state index < -0.39 is 16.0 Å². The maximum absolute atomic E-state index is 12.1. The average Bonchev–Trinajstić information content (AvgIpc) is 2.32. The van der Waals surface area contributed by atoms with Crippen LogP contribution in [-0.4, -0.2) is 44.1 Å². The molecule has 0 aliphatic carbocycles. The molecule has 0 unspecified atom stereocenters. The van der Waals surface area contributed by atoms with Gasteiger partial charge in [0.25, 0.3) is 0 Å². The third-order valence-electron chi connectivity index (χ3n) is 2.30. The first-order valence-corrected chi connectivity index (χ1v) is 7.94. The number of carbonyl (C=O) groups excluding carboxylic acids is 1. The number of nitrogens with zero attached hydrogens (tertiary/aromatic N) is 2. The van der Waals surface area contributed by atoms with Crippen LogP contribution >= 0.6 is 0 Å². The second-order valence-electron chi connectivity index (χ2n) is 4.53. The zero-order valence-corrected chi connectivity index (χ0v) is 12.6. The SMILES string of the molecule is CCOC(=O)CCS(=O)(=O)N(CCC#N)CC(C)C. The predicted molar refractivity (Wildman–Crippen MR) is 71.7 cm³/mol. The largest absolute Gasteiger partial charge is 0.466 e. The van der Waals surface area contributed by atoms with E-state index in [9.17, 15) is 13.2 Å². The van der Waals surface area contributed by atoms with E-state index in [-0.39, 0.29) is 37.7 Å². The maximum Gasteiger partial charge on any atom is 0.306 e. The Labute approximate surface area is 115 Å². The molecule has 0 aromatic heterocycles. The van der Waals surface area contributed by atoms with Gasteiger partial charge in [-0.3, -0.25) is 4.79 Å². The van der Waals surface area contributed by atoms with Gasteiger partial charge in [-0.25, -0.2) is 12.7 Å². The summed E-state index contributed by atoms with van der Waals surface area (Å²) in [6.45, 7) is 6.24. The van der Waals surface area contributed by atoms with Gasteiger partial charge in [0, 0.05) is 19.5 Å². The Morgan fingerprint density at radius 2 is 2.05 bits per heavy atom. The van der Waals surface area contributed by atoms with E-state index in [1.807, 2.05) is 19.9 Å². The van der Waals surface area contributed by atoms with Gasteiger partial charge in [-0.2, -0.15) is 5.26 Å². The van der Waals surface area contributed by atoms with Crippen LogP contribution in [0.5, 0.6) is 0 Å². The second kappa shape index (κ2) is 8.88. The highest BCUT2D eigenvalue weighted by atomic mass is 32.2. The molecule has 0 rings (SSSR count). The average molecular weight is 290 g/mol. The van der Waals surface area contributed by atoms with Crippen LogP contribution in [0.4, 0.5) is 0 Å². The summed E-state index contributed by atoms with van der Waals surface area (Å²) >= 11 is 0. The lowest BCUT2D eigenvalue weighted by Gasteiger charge is -2.22. The first-order valence-electron chi connectivity index (χ1n) is 6.33. The van der Waals surface area contributed by atoms with Crippen molar-refractivity contribution in [3.63, 3.8) is 0 Å². The van der Waals surface area contributed by atoms with Crippen molar-refractivity contribution in [2.24, 2.45) is 5.92 Å². The summed E-state index contributed by atoms with van der Waals surface area (Å²) in [5.41, 5.74) is 0. The van der Waals surface area contributed by atoms with Crippen molar-refractivity contribution >= 4 is 16.0 Å². The van der Waals surface area contributed by atoms with E-state index in [1.165, 1.54) is 4.31 Å². The Morgan fingerprint density at radius 1 is 1.42 bits per heavy atom. The molecule has 0 spiro atoms. The molecule has 0 N–H and O–H groups in total. The Balaban J connectivity index is 4.60. The standard InChI is InChI=1S/C12H22N2O4S/c1-4-18-12(15)6-9-19(16,17)14(8-5-7-13)10-11(2)3/h11H,4-6,8-10H2,1-3H3. The number of nitriles is 1. The van der Waals surface area contributed by atoms with Crippen molar-refractivity contribution in [1.82, 2.24) is 4.31 Å². The number of carbonyl (C=O) groups is 1. The van der Waals surface area contributed by atoms with E-state index >= 15 is 0 Å². The highest BCUT2D eigenvalue weighted by Gasteiger charge is 2.23. The third kappa shape index (κ3) is 7.80. The zero-order valence-electron chi connectivity index (χ0n) is 11.8. The van der Waals surface area contributed by atoms with Crippen molar-refractivity contribution in [3.8, 4) is 6.07 Å². The van der Waals surface area contributed by atoms with Gasteiger partial charge in [0.2, 0.25) is 10.0 Å². The van der Waals surface area contributed by atoms with Crippen LogP contribution in [0.1, 0.15) is 33.6 Å². The lowest BCUT2D eigenvalue weighted by atomic mass is 10.2. The molecule has 0 saturated carbocycles. The van der Waals surface area contributed by atoms with Crippen LogP contribution in [0.25, 0.3) is 0 Å². The molecule has 0 heterocycles. The van der Waals surface area contributed by atoms with E-state index in [2.05, 4.69) is 0 Å². The smallest absolute Gasteiger partial charge is 0.306 e. The minimum absolute atomic E-state index is 0.144. The fourth-order valence-electron chi connectivity index (χ4n) is 1.50. The molecule has 7 heteroatoms. The lowest BCUT2D eigenvalue weighted by molar-refractivity contribution is -0.142. The zero-order chi connectivity index (χ0) is 14.9. The van der Waals surface area contributed by atoms with Crippen molar-refractivity contribution in [2.75, 3.05) is 25.4 Å². The fourth-order valence-corrected chi connectivity index (χ4v) is 3.08. The first-order chi connectivity index (χ1) is 8.83. The number of ether oxygens (including phenoxy) is 1. The van der Waals surface area contributed by atoms with Gasteiger partial charge in [0.05, 0.1) is 24.8 Å². The highest BCUT2D eigenvalue weighted by Crippen LogP contribution is 2.09.